The monoisotopic (exact) mass is 324 g/mol. The quantitative estimate of drug-likeness (QED) is 0.917. The van der Waals surface area contributed by atoms with Crippen LogP contribution in [0.2, 0.25) is 0 Å². The van der Waals surface area contributed by atoms with Crippen LogP contribution in [0.15, 0.2) is 4.52 Å². The van der Waals surface area contributed by atoms with Crippen LogP contribution in [0.4, 0.5) is 4.79 Å². The van der Waals surface area contributed by atoms with E-state index in [0.717, 1.165) is 25.9 Å². The Hall–Kier alpha value is -1.63. The molecule has 1 amide bonds. The van der Waals surface area contributed by atoms with Crippen molar-refractivity contribution in [3.63, 3.8) is 0 Å². The molecule has 23 heavy (non-hydrogen) atoms. The Morgan fingerprint density at radius 2 is 2.22 bits per heavy atom. The van der Waals surface area contributed by atoms with Crippen LogP contribution in [0.25, 0.3) is 0 Å². The molecule has 0 radical (unpaired) electrons. The molecule has 2 heterocycles. The van der Waals surface area contributed by atoms with Crippen molar-refractivity contribution in [3.05, 3.63) is 11.7 Å². The van der Waals surface area contributed by atoms with Gasteiger partial charge in [-0.2, -0.15) is 4.98 Å². The third kappa shape index (κ3) is 5.82. The number of carbonyl (C=O) groups excluding carboxylic acids is 1. The van der Waals surface area contributed by atoms with Crippen molar-refractivity contribution in [3.8, 4) is 0 Å². The van der Waals surface area contributed by atoms with Crippen LogP contribution in [0.3, 0.4) is 0 Å². The van der Waals surface area contributed by atoms with E-state index in [-0.39, 0.29) is 18.1 Å². The van der Waals surface area contributed by atoms with Crippen LogP contribution in [-0.2, 0) is 11.3 Å². The second kappa shape index (κ2) is 7.29. The Morgan fingerprint density at radius 3 is 2.83 bits per heavy atom. The molecule has 1 aromatic rings. The van der Waals surface area contributed by atoms with E-state index in [0.29, 0.717) is 18.3 Å². The van der Waals surface area contributed by atoms with Gasteiger partial charge >= 0.3 is 6.09 Å². The van der Waals surface area contributed by atoms with Crippen LogP contribution in [-0.4, -0.2) is 45.9 Å². The Bertz CT molecular complexity index is 522. The fourth-order valence-corrected chi connectivity index (χ4v) is 2.56. The van der Waals surface area contributed by atoms with Gasteiger partial charge in [-0.25, -0.2) is 4.79 Å². The van der Waals surface area contributed by atoms with Gasteiger partial charge in [0.15, 0.2) is 5.82 Å². The first-order valence-electron chi connectivity index (χ1n) is 8.27. The lowest BCUT2D eigenvalue weighted by Crippen LogP contribution is -2.48. The Morgan fingerprint density at radius 1 is 1.48 bits per heavy atom. The number of rotatable bonds is 4. The number of hydrogen-bond acceptors (Lipinski definition) is 6. The van der Waals surface area contributed by atoms with E-state index in [4.69, 9.17) is 9.26 Å². The molecule has 1 fully saturated rings. The molecule has 2 rings (SSSR count). The van der Waals surface area contributed by atoms with Gasteiger partial charge in [-0.3, -0.25) is 4.90 Å². The third-order valence-electron chi connectivity index (χ3n) is 3.57. The zero-order chi connectivity index (χ0) is 17.0. The van der Waals surface area contributed by atoms with E-state index in [1.54, 1.807) is 0 Å². The van der Waals surface area contributed by atoms with Crippen molar-refractivity contribution in [2.45, 2.75) is 71.6 Å². The van der Waals surface area contributed by atoms with Crippen LogP contribution in [0, 0.1) is 0 Å². The minimum absolute atomic E-state index is 0.0927. The zero-order valence-electron chi connectivity index (χ0n) is 14.8. The highest BCUT2D eigenvalue weighted by atomic mass is 16.6. The van der Waals surface area contributed by atoms with Gasteiger partial charge in [-0.1, -0.05) is 19.0 Å². The smallest absolute Gasteiger partial charge is 0.407 e. The molecule has 0 aromatic carbocycles. The summed E-state index contributed by atoms with van der Waals surface area (Å²) in [6.07, 6.45) is 1.63. The van der Waals surface area contributed by atoms with E-state index in [1.807, 2.05) is 34.6 Å². The molecule has 1 aliphatic rings. The van der Waals surface area contributed by atoms with E-state index in [9.17, 15) is 4.79 Å². The highest BCUT2D eigenvalue weighted by molar-refractivity contribution is 5.68. The van der Waals surface area contributed by atoms with Crippen LogP contribution < -0.4 is 5.32 Å². The predicted molar refractivity (Wildman–Crippen MR) is 86.1 cm³/mol. The number of piperidine rings is 1. The molecule has 1 saturated heterocycles. The molecular formula is C16H28N4O3. The standard InChI is InChI=1S/C16H28N4O3/c1-11(2)14-18-13(19-23-14)10-20-8-6-7-12(9-20)17-15(21)22-16(3,4)5/h11-12H,6-10H2,1-5H3,(H,17,21)/t12-/m1/s1. The van der Waals surface area contributed by atoms with Crippen molar-refractivity contribution in [2.24, 2.45) is 0 Å². The summed E-state index contributed by atoms with van der Waals surface area (Å²) in [5, 5.41) is 6.97. The van der Waals surface area contributed by atoms with Crippen LogP contribution in [0.5, 0.6) is 0 Å². The third-order valence-corrected chi connectivity index (χ3v) is 3.57. The number of nitrogens with one attached hydrogen (secondary N) is 1. The first kappa shape index (κ1) is 17.7. The SMILES string of the molecule is CC(C)c1nc(CN2CCC[C@@H](NC(=O)OC(C)(C)C)C2)no1. The second-order valence-corrected chi connectivity index (χ2v) is 7.42. The first-order valence-corrected chi connectivity index (χ1v) is 8.27. The fraction of sp³-hybridized carbons (Fsp3) is 0.812. The highest BCUT2D eigenvalue weighted by Gasteiger charge is 2.25. The molecule has 1 aromatic heterocycles. The van der Waals surface area contributed by atoms with Crippen molar-refractivity contribution in [1.82, 2.24) is 20.4 Å². The predicted octanol–water partition coefficient (Wildman–Crippen LogP) is 2.68. The van der Waals surface area contributed by atoms with Gasteiger partial charge in [0.1, 0.15) is 5.60 Å². The molecule has 1 atom stereocenters. The number of likely N-dealkylation sites (tertiary alicyclic amines) is 1. The summed E-state index contributed by atoms with van der Waals surface area (Å²) in [5.41, 5.74) is -0.476. The van der Waals surface area contributed by atoms with Crippen molar-refractivity contribution < 1.29 is 14.1 Å². The largest absolute Gasteiger partial charge is 0.444 e. The van der Waals surface area contributed by atoms with Gasteiger partial charge in [-0.15, -0.1) is 0 Å². The summed E-state index contributed by atoms with van der Waals surface area (Å²) in [4.78, 5) is 18.5. The van der Waals surface area contributed by atoms with Crippen molar-refractivity contribution in [2.75, 3.05) is 13.1 Å². The second-order valence-electron chi connectivity index (χ2n) is 7.42. The minimum Gasteiger partial charge on any atom is -0.444 e. The van der Waals surface area contributed by atoms with Crippen molar-refractivity contribution in [1.29, 1.82) is 0 Å². The molecular weight excluding hydrogens is 296 g/mol. The van der Waals surface area contributed by atoms with Gasteiger partial charge in [-0.05, 0) is 40.2 Å². The van der Waals surface area contributed by atoms with Gasteiger partial charge in [0.05, 0.1) is 6.54 Å². The lowest BCUT2D eigenvalue weighted by Gasteiger charge is -2.32. The molecule has 0 aliphatic carbocycles. The number of amides is 1. The summed E-state index contributed by atoms with van der Waals surface area (Å²) in [6, 6.07) is 0.0927. The summed E-state index contributed by atoms with van der Waals surface area (Å²) in [5.74, 6) is 1.60. The van der Waals surface area contributed by atoms with E-state index >= 15 is 0 Å². The van der Waals surface area contributed by atoms with E-state index in [1.165, 1.54) is 0 Å². The topological polar surface area (TPSA) is 80.5 Å². The average Bonchev–Trinajstić information content (AvgIpc) is 2.85. The Balaban J connectivity index is 1.84. The molecule has 0 spiro atoms. The number of nitrogens with zero attached hydrogens (tertiary/aromatic N) is 3. The Kier molecular flexibility index (Phi) is 5.62. The number of alkyl carbamates (subject to hydrolysis) is 1. The summed E-state index contributed by atoms with van der Waals surface area (Å²) in [7, 11) is 0. The number of hydrogen-bond donors (Lipinski definition) is 1. The normalized spacial score (nSPS) is 19.8. The van der Waals surface area contributed by atoms with Gasteiger partial charge in [0, 0.05) is 18.5 Å². The number of ether oxygens (including phenoxy) is 1. The molecule has 0 bridgehead atoms. The van der Waals surface area contributed by atoms with Crippen LogP contribution in [0.1, 0.15) is 65.1 Å². The number of aromatic nitrogens is 2. The zero-order valence-corrected chi connectivity index (χ0v) is 14.8. The van der Waals surface area contributed by atoms with Gasteiger partial charge in [0.25, 0.3) is 0 Å². The van der Waals surface area contributed by atoms with Crippen molar-refractivity contribution >= 4 is 6.09 Å². The molecule has 1 aliphatic heterocycles. The Labute approximate surface area is 137 Å². The maximum Gasteiger partial charge on any atom is 0.407 e. The molecule has 7 heteroatoms. The van der Waals surface area contributed by atoms with E-state index < -0.39 is 5.60 Å². The molecule has 7 nitrogen and oxygen atoms in total. The maximum atomic E-state index is 11.9. The molecule has 130 valence electrons. The highest BCUT2D eigenvalue weighted by Crippen LogP contribution is 2.16. The lowest BCUT2D eigenvalue weighted by atomic mass is 10.1. The summed E-state index contributed by atoms with van der Waals surface area (Å²) >= 11 is 0. The summed E-state index contributed by atoms with van der Waals surface area (Å²) in [6.45, 7) is 12.0. The van der Waals surface area contributed by atoms with Gasteiger partial charge < -0.3 is 14.6 Å². The molecule has 1 N–H and O–H groups in total. The lowest BCUT2D eigenvalue weighted by molar-refractivity contribution is 0.0469. The average molecular weight is 324 g/mol. The maximum absolute atomic E-state index is 11.9. The van der Waals surface area contributed by atoms with Gasteiger partial charge in [0.2, 0.25) is 5.89 Å². The molecule has 0 unspecified atom stereocenters. The first-order chi connectivity index (χ1) is 10.7. The molecule has 0 saturated carbocycles. The fourth-order valence-electron chi connectivity index (χ4n) is 2.56. The van der Waals surface area contributed by atoms with Crippen LogP contribution >= 0.6 is 0 Å². The number of carbonyl (C=O) groups is 1. The minimum atomic E-state index is -0.476. The summed E-state index contributed by atoms with van der Waals surface area (Å²) < 4.78 is 10.6. The van der Waals surface area contributed by atoms with E-state index in [2.05, 4.69) is 20.4 Å².